The third kappa shape index (κ3) is 10.6. The van der Waals surface area contributed by atoms with Crippen LogP contribution in [0.25, 0.3) is 0 Å². The van der Waals surface area contributed by atoms with Crippen molar-refractivity contribution in [3.05, 3.63) is 48.0 Å². The lowest BCUT2D eigenvalue weighted by atomic mass is 10.0. The number of aromatic amines is 1. The summed E-state index contributed by atoms with van der Waals surface area (Å²) in [5.74, 6) is -3.85. The zero-order valence-electron chi connectivity index (χ0n) is 21.6. The Morgan fingerprint density at radius 2 is 1.57 bits per heavy atom. The van der Waals surface area contributed by atoms with E-state index >= 15 is 0 Å². The van der Waals surface area contributed by atoms with Crippen LogP contribution in [0.2, 0.25) is 0 Å². The van der Waals surface area contributed by atoms with Crippen LogP contribution < -0.4 is 33.2 Å². The van der Waals surface area contributed by atoms with E-state index in [9.17, 15) is 34.5 Å². The van der Waals surface area contributed by atoms with Gasteiger partial charge in [0.25, 0.3) is 0 Å². The molecular formula is C24H35N9O7. The molecule has 13 N–H and O–H groups in total. The number of aliphatic carboxylic acids is 1. The molecular weight excluding hydrogens is 526 g/mol. The highest BCUT2D eigenvalue weighted by Gasteiger charge is 2.30. The van der Waals surface area contributed by atoms with Gasteiger partial charge in [-0.1, -0.05) is 12.1 Å². The van der Waals surface area contributed by atoms with Gasteiger partial charge in [0, 0.05) is 31.3 Å². The fourth-order valence-electron chi connectivity index (χ4n) is 3.56. The first-order chi connectivity index (χ1) is 19.0. The number of hydrogen-bond acceptors (Lipinski definition) is 9. The molecule has 218 valence electrons. The van der Waals surface area contributed by atoms with E-state index in [4.69, 9.17) is 17.2 Å². The number of aromatic nitrogens is 2. The van der Waals surface area contributed by atoms with Crippen LogP contribution in [0.1, 0.15) is 24.1 Å². The van der Waals surface area contributed by atoms with Crippen LogP contribution in [0, 0.1) is 0 Å². The minimum absolute atomic E-state index is 0.000535. The molecule has 0 spiro atoms. The van der Waals surface area contributed by atoms with E-state index in [1.165, 1.54) is 36.8 Å². The molecule has 4 unspecified atom stereocenters. The highest BCUT2D eigenvalue weighted by atomic mass is 16.4. The lowest BCUT2D eigenvalue weighted by molar-refractivity contribution is -0.142. The van der Waals surface area contributed by atoms with Crippen molar-refractivity contribution in [3.63, 3.8) is 0 Å². The average molecular weight is 562 g/mol. The molecule has 4 atom stereocenters. The Balaban J connectivity index is 2.08. The van der Waals surface area contributed by atoms with Crippen LogP contribution in [-0.4, -0.2) is 92.3 Å². The number of aliphatic hydroxyl groups is 1. The number of nitrogens with zero attached hydrogens (tertiary/aromatic N) is 2. The smallest absolute Gasteiger partial charge is 0.326 e. The topological polar surface area (TPSA) is 284 Å². The molecule has 0 bridgehead atoms. The second-order valence-electron chi connectivity index (χ2n) is 8.91. The summed E-state index contributed by atoms with van der Waals surface area (Å²) in [6.45, 7) is -0.545. The van der Waals surface area contributed by atoms with Gasteiger partial charge in [0.1, 0.15) is 23.9 Å². The van der Waals surface area contributed by atoms with Gasteiger partial charge in [0.15, 0.2) is 5.96 Å². The SMILES string of the molecule is NC(N)=NCCCC(N)C(=O)NC(CO)C(=O)NC(Cc1cnc[nH]1)C(=O)NC(Cc1ccc(O)cc1)C(=O)O. The van der Waals surface area contributed by atoms with Crippen molar-refractivity contribution in [1.82, 2.24) is 25.9 Å². The van der Waals surface area contributed by atoms with Gasteiger partial charge in [-0.25, -0.2) is 9.78 Å². The van der Waals surface area contributed by atoms with Gasteiger partial charge in [-0.2, -0.15) is 0 Å². The maximum Gasteiger partial charge on any atom is 0.326 e. The maximum atomic E-state index is 13.1. The molecule has 16 nitrogen and oxygen atoms in total. The molecule has 40 heavy (non-hydrogen) atoms. The lowest BCUT2D eigenvalue weighted by Gasteiger charge is -2.24. The molecule has 0 radical (unpaired) electrons. The number of carboxylic acid groups (broad SMARTS) is 1. The fraction of sp³-hybridized carbons (Fsp3) is 0.417. The second-order valence-corrected chi connectivity index (χ2v) is 8.91. The Bertz CT molecular complexity index is 1150. The Morgan fingerprint density at radius 3 is 2.15 bits per heavy atom. The van der Waals surface area contributed by atoms with Crippen LogP contribution in [0.15, 0.2) is 41.8 Å². The molecule has 0 saturated carbocycles. The number of nitrogens with one attached hydrogen (secondary N) is 4. The fourth-order valence-corrected chi connectivity index (χ4v) is 3.56. The van der Waals surface area contributed by atoms with Crippen molar-refractivity contribution in [2.75, 3.05) is 13.2 Å². The predicted octanol–water partition coefficient (Wildman–Crippen LogP) is -3.19. The van der Waals surface area contributed by atoms with Gasteiger partial charge in [0.2, 0.25) is 17.7 Å². The van der Waals surface area contributed by atoms with Gasteiger partial charge in [-0.3, -0.25) is 19.4 Å². The number of carboxylic acids is 1. The Kier molecular flexibility index (Phi) is 12.3. The lowest BCUT2D eigenvalue weighted by Crippen LogP contribution is -2.58. The summed E-state index contributed by atoms with van der Waals surface area (Å²) < 4.78 is 0. The molecule has 1 aromatic carbocycles. The Morgan fingerprint density at radius 1 is 0.950 bits per heavy atom. The third-order valence-electron chi connectivity index (χ3n) is 5.72. The quantitative estimate of drug-likeness (QED) is 0.0553. The average Bonchev–Trinajstić information content (AvgIpc) is 3.42. The number of H-pyrrole nitrogens is 1. The summed E-state index contributed by atoms with van der Waals surface area (Å²) in [4.78, 5) is 60.8. The number of rotatable bonds is 16. The number of imidazole rings is 1. The second kappa shape index (κ2) is 15.6. The number of guanidine groups is 1. The number of phenolic OH excluding ortho intramolecular Hbond substituents is 1. The van der Waals surface area contributed by atoms with Crippen molar-refractivity contribution in [2.45, 2.75) is 49.9 Å². The highest BCUT2D eigenvalue weighted by Crippen LogP contribution is 2.12. The standard InChI is InChI=1S/C24H35N9O7/c25-16(2-1-7-29-24(26)27)20(36)33-19(11-34)22(38)31-17(9-14-10-28-12-30-14)21(37)32-18(23(39)40)8-13-3-5-15(35)6-4-13/h3-6,10,12,16-19,34-35H,1-2,7-9,11,25H2,(H,28,30)(H,31,38)(H,32,37)(H,33,36)(H,39,40)(H4,26,27,29). The van der Waals surface area contributed by atoms with Crippen LogP contribution >= 0.6 is 0 Å². The molecule has 0 aliphatic rings. The van der Waals surface area contributed by atoms with Gasteiger partial charge in [-0.15, -0.1) is 0 Å². The molecule has 1 aromatic heterocycles. The number of phenols is 1. The molecule has 1 heterocycles. The van der Waals surface area contributed by atoms with E-state index in [0.717, 1.165) is 0 Å². The summed E-state index contributed by atoms with van der Waals surface area (Å²) >= 11 is 0. The molecule has 3 amide bonds. The largest absolute Gasteiger partial charge is 0.508 e. The number of aliphatic hydroxyl groups excluding tert-OH is 1. The van der Waals surface area contributed by atoms with E-state index in [-0.39, 0.29) is 37.5 Å². The number of benzene rings is 1. The monoisotopic (exact) mass is 561 g/mol. The van der Waals surface area contributed by atoms with Crippen molar-refractivity contribution < 1.29 is 34.5 Å². The summed E-state index contributed by atoms with van der Waals surface area (Å²) in [5.41, 5.74) is 17.3. The molecule has 2 aromatic rings. The van der Waals surface area contributed by atoms with Gasteiger partial charge in [-0.05, 0) is 30.5 Å². The molecule has 2 rings (SSSR count). The summed E-state index contributed by atoms with van der Waals surface area (Å²) in [6.07, 6.45) is 3.18. The Hall–Kier alpha value is -4.70. The van der Waals surface area contributed by atoms with Gasteiger partial charge >= 0.3 is 5.97 Å². The summed E-state index contributed by atoms with van der Waals surface area (Å²) in [5, 5.41) is 36.0. The number of nitrogens with two attached hydrogens (primary N) is 3. The first kappa shape index (κ1) is 31.5. The van der Waals surface area contributed by atoms with Crippen LogP contribution in [0.3, 0.4) is 0 Å². The summed E-state index contributed by atoms with van der Waals surface area (Å²) in [6, 6.07) is 0.685. The van der Waals surface area contributed by atoms with Crippen LogP contribution in [-0.2, 0) is 32.0 Å². The first-order valence-corrected chi connectivity index (χ1v) is 12.3. The zero-order valence-corrected chi connectivity index (χ0v) is 21.6. The van der Waals surface area contributed by atoms with Crippen molar-refractivity contribution in [1.29, 1.82) is 0 Å². The number of aromatic hydroxyl groups is 1. The van der Waals surface area contributed by atoms with Crippen molar-refractivity contribution in [3.8, 4) is 5.75 Å². The minimum Gasteiger partial charge on any atom is -0.508 e. The summed E-state index contributed by atoms with van der Waals surface area (Å²) in [7, 11) is 0. The molecule has 0 aliphatic carbocycles. The van der Waals surface area contributed by atoms with E-state index in [2.05, 4.69) is 30.9 Å². The van der Waals surface area contributed by atoms with E-state index in [1.807, 2.05) is 0 Å². The maximum absolute atomic E-state index is 13.1. The van der Waals surface area contributed by atoms with Crippen LogP contribution in [0.4, 0.5) is 0 Å². The number of carbonyl (C=O) groups is 4. The van der Waals surface area contributed by atoms with Gasteiger partial charge in [0.05, 0.1) is 19.0 Å². The molecule has 0 saturated heterocycles. The number of amides is 3. The van der Waals surface area contributed by atoms with E-state index in [0.29, 0.717) is 17.7 Å². The number of hydrogen-bond donors (Lipinski definition) is 10. The minimum atomic E-state index is -1.44. The molecule has 0 fully saturated rings. The molecule has 16 heteroatoms. The van der Waals surface area contributed by atoms with Gasteiger partial charge < -0.3 is 53.5 Å². The van der Waals surface area contributed by atoms with Crippen LogP contribution in [0.5, 0.6) is 5.75 Å². The number of carbonyl (C=O) groups excluding carboxylic acids is 3. The van der Waals surface area contributed by atoms with E-state index < -0.39 is 54.5 Å². The first-order valence-electron chi connectivity index (χ1n) is 12.3. The van der Waals surface area contributed by atoms with Crippen molar-refractivity contribution >= 4 is 29.7 Å². The predicted molar refractivity (Wildman–Crippen MR) is 143 cm³/mol. The Labute approximate surface area is 229 Å². The third-order valence-corrected chi connectivity index (χ3v) is 5.72. The zero-order chi connectivity index (χ0) is 29.7. The van der Waals surface area contributed by atoms with E-state index in [1.54, 1.807) is 0 Å². The molecule has 0 aliphatic heterocycles. The normalized spacial score (nSPS) is 13.8. The van der Waals surface area contributed by atoms with Crippen molar-refractivity contribution in [2.24, 2.45) is 22.2 Å². The highest BCUT2D eigenvalue weighted by molar-refractivity contribution is 5.94. The number of aliphatic imine (C=N–C) groups is 1.